The Bertz CT molecular complexity index is 5350. The first-order valence-electron chi connectivity index (χ1n) is 39.1. The smallest absolute Gasteiger partial charge is 0.508 e. The van der Waals surface area contributed by atoms with Gasteiger partial charge in [0.25, 0.3) is 11.8 Å². The normalized spacial score (nSPS) is 25.9. The van der Waals surface area contributed by atoms with Crippen molar-refractivity contribution in [3.63, 3.8) is 0 Å². The molecule has 2 saturated heterocycles. The van der Waals surface area contributed by atoms with Gasteiger partial charge in [-0.1, -0.05) is 67.4 Å². The molecule has 43 heteroatoms. The fourth-order valence-electron chi connectivity index (χ4n) is 14.9. The van der Waals surface area contributed by atoms with Crippen LogP contribution in [0, 0.1) is 5.92 Å². The van der Waals surface area contributed by atoms with E-state index in [0.717, 1.165) is 104 Å². The Morgan fingerprint density at radius 2 is 1.33 bits per heavy atom. The van der Waals surface area contributed by atoms with E-state index in [1.807, 2.05) is 0 Å². The Morgan fingerprint density at radius 3 is 1.94 bits per heavy atom. The minimum atomic E-state index is -4.98. The third kappa shape index (κ3) is 21.3. The molecule has 7 heterocycles. The van der Waals surface area contributed by atoms with Gasteiger partial charge in [-0.25, -0.2) is 0 Å². The number of phenols is 3. The Labute approximate surface area is 724 Å². The summed E-state index contributed by atoms with van der Waals surface area (Å²) in [5.74, 6) is -18.2. The molecule has 14 rings (SSSR count). The topological polar surface area (TPSA) is 576 Å². The number of carbonyl (C=O) groups is 10. The number of rotatable bonds is 19. The minimum absolute atomic E-state index is 0.0139. The van der Waals surface area contributed by atoms with E-state index in [0.29, 0.717) is 5.56 Å². The summed E-state index contributed by atoms with van der Waals surface area (Å²) in [7, 11) is 1.46. The number of hydrazine groups is 1. The molecule has 11 bridgehead atoms. The third-order valence-corrected chi connectivity index (χ3v) is 21.9. The number of fused-ring (bicyclic) bond motifs is 15. The molecule has 0 aromatic heterocycles. The molecule has 0 aliphatic carbocycles. The molecule has 672 valence electrons. The lowest BCUT2D eigenvalue weighted by atomic mass is 9.84. The molecule has 22 N–H and O–H groups in total. The van der Waals surface area contributed by atoms with Crippen LogP contribution in [0.15, 0.2) is 127 Å². The van der Waals surface area contributed by atoms with Crippen molar-refractivity contribution in [2.24, 2.45) is 11.7 Å². The minimum Gasteiger partial charge on any atom is -0.508 e. The molecule has 126 heavy (non-hydrogen) atoms. The number of anilines is 1. The fourth-order valence-corrected chi connectivity index (χ4v) is 15.4. The van der Waals surface area contributed by atoms with Crippen LogP contribution in [-0.2, 0) is 63.9 Å². The first kappa shape index (κ1) is 92.9. The number of likely N-dealkylation sites (N-methyl/N-ethyl adjacent to an activating group) is 1. The maximum atomic E-state index is 16.3. The lowest BCUT2D eigenvalue weighted by Gasteiger charge is -2.48. The largest absolute Gasteiger partial charge is 0.573 e. The molecule has 7 aromatic carbocycles. The van der Waals surface area contributed by atoms with Crippen LogP contribution in [0.2, 0.25) is 10.0 Å². The molecule has 7 aliphatic heterocycles. The van der Waals surface area contributed by atoms with E-state index < -0.39 is 277 Å². The van der Waals surface area contributed by atoms with Crippen molar-refractivity contribution in [1.82, 2.24) is 53.4 Å². The number of benzene rings is 7. The van der Waals surface area contributed by atoms with Crippen LogP contribution in [0.25, 0.3) is 11.1 Å². The van der Waals surface area contributed by atoms with Crippen LogP contribution in [-0.4, -0.2) is 204 Å². The summed E-state index contributed by atoms with van der Waals surface area (Å²) < 4.78 is 82.0. The van der Waals surface area contributed by atoms with Crippen molar-refractivity contribution in [2.75, 3.05) is 19.0 Å². The summed E-state index contributed by atoms with van der Waals surface area (Å²) in [6.07, 6.45) is -24.8. The summed E-state index contributed by atoms with van der Waals surface area (Å²) in [4.78, 5) is 145. The predicted molar refractivity (Wildman–Crippen MR) is 434 cm³/mol. The van der Waals surface area contributed by atoms with E-state index in [1.165, 1.54) is 20.0 Å². The summed E-state index contributed by atoms with van der Waals surface area (Å²) in [6.45, 7) is 6.60. The average Bonchev–Trinajstić information content (AvgIpc) is 0.764. The SMILES string of the molecule is CNC(CC(C)C)C(=O)NC1C(=O)NC(CC(N)=O)C(=O)NC2C(=O)NC3C(=O)NC(C(=O)NC(C(=O)NNC(C)=O)c4cc(O)cc(O)c4-c4cc3ccc4O)C(O)c3ccc(c(Cl)c3)Oc3cc2cc(c3OC2OC(CO)C(O)C(O)C2OC2CC(C)(NCc3cccc(NC(=O)c4ccc(OC(F)(F)F)cc4)c3)C(O)C(C)O2)Oc2ccc(cc2Cl)C1O. The standard InChI is InChI=1S/C83H89Cl2F3N12O26/c1-33(2)20-49(90-6)74(113)97-64-66(107)39-13-18-53(47(84)23-39)121-55-25-41-26-56(70(55)125-81-71(69(110)68(109)57(32-101)123-81)124-59-30-82(5,72(111)34(3)120-59)91-31-36-8-7-9-42(21-36)92-73(112)37-10-15-44(16-11-37)126-83(86,87)88)122-54-19-14-40(24-48(54)85)67(108)65-79(118)96-63(80(119)100-99-35(4)102)46-27-43(103)28-52(105)60(46)45-22-38(12-17-51(45)104)61(76(115)98-65)95-77(116)62(41)94-75(114)50(29-58(89)106)93-78(64)117/h7-19,21-28,33-34,49-50,57,59,61-69,71-72,81,90-91,101,103-105,107-111H,20,29-32H2,1-6H3,(H2,89,106)(H,92,112)(H,93,117)(H,94,114)(H,95,116)(H,96,118)(H,97,113)(H,98,115)(H,99,102)(H,100,119). The third-order valence-electron chi connectivity index (χ3n) is 21.3. The second-order valence-electron chi connectivity index (χ2n) is 31.0. The number of aliphatic hydroxyl groups is 6. The Hall–Kier alpha value is -12.2. The van der Waals surface area contributed by atoms with Gasteiger partial charge in [-0.05, 0) is 158 Å². The molecule has 0 saturated carbocycles. The molecule has 18 unspecified atom stereocenters. The van der Waals surface area contributed by atoms with Crippen LogP contribution in [0.1, 0.15) is 128 Å². The number of carbonyl (C=O) groups excluding carboxylic acids is 10. The number of halogens is 5. The van der Waals surface area contributed by atoms with Gasteiger partial charge in [0.1, 0.15) is 101 Å². The lowest BCUT2D eigenvalue weighted by Crippen LogP contribution is -2.65. The number of amides is 10. The van der Waals surface area contributed by atoms with Crippen molar-refractivity contribution in [2.45, 2.75) is 176 Å². The molecule has 2 fully saturated rings. The van der Waals surface area contributed by atoms with Crippen LogP contribution in [0.3, 0.4) is 0 Å². The van der Waals surface area contributed by atoms with E-state index in [1.54, 1.807) is 45.0 Å². The van der Waals surface area contributed by atoms with Crippen LogP contribution < -0.4 is 83.4 Å². The van der Waals surface area contributed by atoms with Crippen LogP contribution >= 0.6 is 23.2 Å². The fraction of sp³-hybridized carbons (Fsp3) is 0.373. The number of hydrogen-bond donors (Lipinski definition) is 21. The number of phenolic OH excluding ortho intramolecular Hbond substituents is 3. The van der Waals surface area contributed by atoms with E-state index in [-0.39, 0.29) is 47.7 Å². The summed E-state index contributed by atoms with van der Waals surface area (Å²) in [6, 6.07) is 9.45. The highest BCUT2D eigenvalue weighted by Gasteiger charge is 2.53. The summed E-state index contributed by atoms with van der Waals surface area (Å²) in [5, 5.41) is 129. The van der Waals surface area contributed by atoms with Gasteiger partial charge >= 0.3 is 6.36 Å². The summed E-state index contributed by atoms with van der Waals surface area (Å²) in [5.41, 5.74) is 6.29. The van der Waals surface area contributed by atoms with Crippen molar-refractivity contribution >= 4 is 88.0 Å². The maximum Gasteiger partial charge on any atom is 0.573 e. The number of nitrogens with two attached hydrogens (primary N) is 1. The molecule has 0 spiro atoms. The number of aromatic hydroxyl groups is 3. The first-order valence-corrected chi connectivity index (χ1v) is 39.8. The quantitative estimate of drug-likeness (QED) is 0.0517. The molecule has 38 nitrogen and oxygen atoms in total. The molecular weight excluding hydrogens is 1710 g/mol. The Kier molecular flexibility index (Phi) is 28.6. The van der Waals surface area contributed by atoms with E-state index in [9.17, 15) is 83.1 Å². The van der Waals surface area contributed by atoms with E-state index in [2.05, 4.69) is 63.4 Å². The predicted octanol–water partition coefficient (Wildman–Crippen LogP) is 3.17. The van der Waals surface area contributed by atoms with Crippen molar-refractivity contribution in [3.8, 4) is 62.9 Å². The number of aliphatic hydroxyl groups excluding tert-OH is 6. The van der Waals surface area contributed by atoms with Crippen LogP contribution in [0.4, 0.5) is 18.9 Å². The van der Waals surface area contributed by atoms with Crippen molar-refractivity contribution in [3.05, 3.63) is 176 Å². The highest BCUT2D eigenvalue weighted by Crippen LogP contribution is 2.50. The maximum absolute atomic E-state index is 16.3. The van der Waals surface area contributed by atoms with Gasteiger partial charge in [-0.3, -0.25) is 58.8 Å². The van der Waals surface area contributed by atoms with E-state index in [4.69, 9.17) is 57.4 Å². The summed E-state index contributed by atoms with van der Waals surface area (Å²) >= 11 is 14.3. The highest BCUT2D eigenvalue weighted by atomic mass is 35.5. The van der Waals surface area contributed by atoms with Gasteiger partial charge in [-0.15, -0.1) is 13.2 Å². The molecule has 0 radical (unpaired) electrons. The average molecular weight is 1800 g/mol. The van der Waals surface area contributed by atoms with Gasteiger partial charge in [0.2, 0.25) is 59.3 Å². The molecular formula is C83H89Cl2F3N12O26. The number of primary amides is 1. The second-order valence-corrected chi connectivity index (χ2v) is 31.9. The second kappa shape index (κ2) is 38.7. The number of ether oxygens (including phenoxy) is 7. The van der Waals surface area contributed by atoms with Gasteiger partial charge < -0.3 is 133 Å². The molecule has 7 aliphatic rings. The zero-order valence-electron chi connectivity index (χ0n) is 67.5. The molecule has 10 amide bonds. The van der Waals surface area contributed by atoms with E-state index >= 15 is 24.0 Å². The number of alkyl halides is 3. The zero-order valence-corrected chi connectivity index (χ0v) is 69.0. The highest BCUT2D eigenvalue weighted by molar-refractivity contribution is 6.32. The lowest BCUT2D eigenvalue weighted by molar-refractivity contribution is -0.334. The van der Waals surface area contributed by atoms with Gasteiger partial charge in [0.05, 0.1) is 41.3 Å². The van der Waals surface area contributed by atoms with Gasteiger partial charge in [0, 0.05) is 53.9 Å². The van der Waals surface area contributed by atoms with Crippen molar-refractivity contribution < 1.29 is 140 Å². The molecule has 7 aromatic rings. The van der Waals surface area contributed by atoms with Crippen LogP contribution in [0.5, 0.6) is 51.7 Å². The zero-order chi connectivity index (χ0) is 91.4. The van der Waals surface area contributed by atoms with Gasteiger partial charge in [0.15, 0.2) is 23.9 Å². The number of nitrogens with one attached hydrogen (secondary N) is 11. The monoisotopic (exact) mass is 1800 g/mol. The Morgan fingerprint density at radius 1 is 0.690 bits per heavy atom. The molecule has 18 atom stereocenters. The first-order chi connectivity index (χ1) is 59.6. The number of hydrogen-bond acceptors (Lipinski definition) is 28. The van der Waals surface area contributed by atoms with Crippen molar-refractivity contribution in [1.29, 1.82) is 0 Å². The van der Waals surface area contributed by atoms with Gasteiger partial charge in [-0.2, -0.15) is 0 Å². The Balaban J connectivity index is 1.01.